The van der Waals surface area contributed by atoms with E-state index in [-0.39, 0.29) is 12.4 Å². The number of carbonyl (C=O) groups excluding carboxylic acids is 1. The van der Waals surface area contributed by atoms with Crippen molar-refractivity contribution in [3.05, 3.63) is 29.9 Å². The van der Waals surface area contributed by atoms with Gasteiger partial charge in [0.15, 0.2) is 11.7 Å². The highest BCUT2D eigenvalue weighted by atomic mass is 19.1. The van der Waals surface area contributed by atoms with Gasteiger partial charge in [0.2, 0.25) is 0 Å². The smallest absolute Gasteiger partial charge is 0.333 e. The zero-order chi connectivity index (χ0) is 11.3. The van der Waals surface area contributed by atoms with Crippen LogP contribution in [0.15, 0.2) is 18.3 Å². The molecule has 0 unspecified atom stereocenters. The summed E-state index contributed by atoms with van der Waals surface area (Å²) < 4.78 is 17.9. The number of hydrogen-bond donors (Lipinski definition) is 0. The summed E-state index contributed by atoms with van der Waals surface area (Å²) in [5.74, 6) is -1.64. The summed E-state index contributed by atoms with van der Waals surface area (Å²) in [4.78, 5) is 18.4. The first-order valence-electron chi connectivity index (χ1n) is 4.47. The van der Waals surface area contributed by atoms with Gasteiger partial charge in [-0.25, -0.2) is 19.2 Å². The Kier molecular flexibility index (Phi) is 3.91. The molecule has 0 saturated heterocycles. The van der Waals surface area contributed by atoms with Gasteiger partial charge < -0.3 is 4.74 Å². The van der Waals surface area contributed by atoms with E-state index in [0.29, 0.717) is 5.69 Å². The van der Waals surface area contributed by atoms with E-state index in [1.807, 2.05) is 0 Å². The molecule has 0 spiro atoms. The SMILES string of the molecule is CCOC(=O)/C=C(\F)c1nccc(C)n1. The number of nitrogens with zero attached hydrogens (tertiary/aromatic N) is 2. The molecule has 80 valence electrons. The van der Waals surface area contributed by atoms with Crippen LogP contribution in [0.1, 0.15) is 18.4 Å². The summed E-state index contributed by atoms with van der Waals surface area (Å²) in [6.45, 7) is 3.56. The number of halogens is 1. The molecular formula is C10H11FN2O2. The van der Waals surface area contributed by atoms with Crippen molar-refractivity contribution >= 4 is 11.8 Å². The number of aryl methyl sites for hydroxylation is 1. The normalized spacial score (nSPS) is 11.3. The van der Waals surface area contributed by atoms with Crippen LogP contribution < -0.4 is 0 Å². The number of carbonyl (C=O) groups is 1. The van der Waals surface area contributed by atoms with Crippen LogP contribution in [0, 0.1) is 6.92 Å². The molecule has 0 aliphatic heterocycles. The van der Waals surface area contributed by atoms with Crippen molar-refractivity contribution < 1.29 is 13.9 Å². The lowest BCUT2D eigenvalue weighted by Crippen LogP contribution is -2.01. The van der Waals surface area contributed by atoms with Crippen molar-refractivity contribution in [2.24, 2.45) is 0 Å². The van der Waals surface area contributed by atoms with Gasteiger partial charge in [-0.15, -0.1) is 0 Å². The van der Waals surface area contributed by atoms with Gasteiger partial charge in [-0.2, -0.15) is 0 Å². The molecule has 5 heteroatoms. The van der Waals surface area contributed by atoms with E-state index in [2.05, 4.69) is 14.7 Å². The fourth-order valence-corrected chi connectivity index (χ4v) is 0.916. The first kappa shape index (κ1) is 11.3. The molecule has 0 bridgehead atoms. The van der Waals surface area contributed by atoms with E-state index in [1.54, 1.807) is 19.9 Å². The second kappa shape index (κ2) is 5.19. The Bertz CT molecular complexity index is 391. The van der Waals surface area contributed by atoms with Gasteiger partial charge in [0.25, 0.3) is 0 Å². The molecule has 0 radical (unpaired) electrons. The molecule has 0 fully saturated rings. The lowest BCUT2D eigenvalue weighted by atomic mass is 10.4. The number of ether oxygens (including phenoxy) is 1. The number of hydrogen-bond acceptors (Lipinski definition) is 4. The Morgan fingerprint density at radius 2 is 2.40 bits per heavy atom. The topological polar surface area (TPSA) is 52.1 Å². The first-order chi connectivity index (χ1) is 7.13. The van der Waals surface area contributed by atoms with Crippen LogP contribution in [-0.4, -0.2) is 22.5 Å². The molecule has 1 aromatic heterocycles. The quantitative estimate of drug-likeness (QED) is 0.562. The Morgan fingerprint density at radius 3 is 3.00 bits per heavy atom. The molecule has 0 amide bonds. The van der Waals surface area contributed by atoms with Crippen LogP contribution >= 0.6 is 0 Å². The summed E-state index contributed by atoms with van der Waals surface area (Å²) >= 11 is 0. The Labute approximate surface area is 86.8 Å². The highest BCUT2D eigenvalue weighted by Gasteiger charge is 2.07. The third-order valence-electron chi connectivity index (χ3n) is 1.54. The third kappa shape index (κ3) is 3.46. The molecule has 0 N–H and O–H groups in total. The van der Waals surface area contributed by atoms with E-state index < -0.39 is 11.8 Å². The lowest BCUT2D eigenvalue weighted by Gasteiger charge is -1.98. The maximum absolute atomic E-state index is 13.3. The van der Waals surface area contributed by atoms with E-state index in [9.17, 15) is 9.18 Å². The zero-order valence-corrected chi connectivity index (χ0v) is 8.53. The third-order valence-corrected chi connectivity index (χ3v) is 1.54. The Hall–Kier alpha value is -1.78. The van der Waals surface area contributed by atoms with Crippen LogP contribution in [0.25, 0.3) is 5.83 Å². The minimum absolute atomic E-state index is 0.108. The van der Waals surface area contributed by atoms with Gasteiger partial charge in [-0.05, 0) is 19.9 Å². The fourth-order valence-electron chi connectivity index (χ4n) is 0.916. The molecule has 1 rings (SSSR count). The minimum Gasteiger partial charge on any atom is -0.463 e. The average Bonchev–Trinajstić information content (AvgIpc) is 2.18. The van der Waals surface area contributed by atoms with Crippen LogP contribution in [0.4, 0.5) is 4.39 Å². The minimum atomic E-state index is -0.794. The van der Waals surface area contributed by atoms with Gasteiger partial charge in [-0.3, -0.25) is 0 Å². The maximum atomic E-state index is 13.3. The molecule has 0 aromatic carbocycles. The van der Waals surface area contributed by atoms with Crippen molar-refractivity contribution in [2.75, 3.05) is 6.61 Å². The standard InChI is InChI=1S/C10H11FN2O2/c1-3-15-9(14)6-8(11)10-12-5-4-7(2)13-10/h4-6H,3H2,1-2H3/b8-6-. The molecule has 0 aliphatic carbocycles. The van der Waals surface area contributed by atoms with Crippen LogP contribution in [0.3, 0.4) is 0 Å². The Balaban J connectivity index is 2.84. The van der Waals surface area contributed by atoms with E-state index >= 15 is 0 Å². The summed E-state index contributed by atoms with van der Waals surface area (Å²) in [5.41, 5.74) is 0.632. The molecular weight excluding hydrogens is 199 g/mol. The van der Waals surface area contributed by atoms with Gasteiger partial charge in [0, 0.05) is 11.9 Å². The van der Waals surface area contributed by atoms with Gasteiger partial charge >= 0.3 is 5.97 Å². The monoisotopic (exact) mass is 210 g/mol. The average molecular weight is 210 g/mol. The van der Waals surface area contributed by atoms with Crippen molar-refractivity contribution in [3.63, 3.8) is 0 Å². The van der Waals surface area contributed by atoms with E-state index in [4.69, 9.17) is 0 Å². The summed E-state index contributed by atoms with van der Waals surface area (Å²) in [6.07, 6.45) is 2.16. The van der Waals surface area contributed by atoms with Crippen LogP contribution in [0.2, 0.25) is 0 Å². The molecule has 4 nitrogen and oxygen atoms in total. The summed E-state index contributed by atoms with van der Waals surface area (Å²) in [5, 5.41) is 0. The Morgan fingerprint density at radius 1 is 1.67 bits per heavy atom. The molecule has 0 aliphatic rings. The lowest BCUT2D eigenvalue weighted by molar-refractivity contribution is -0.137. The molecule has 0 atom stereocenters. The van der Waals surface area contributed by atoms with Crippen LogP contribution in [-0.2, 0) is 9.53 Å². The molecule has 15 heavy (non-hydrogen) atoms. The predicted octanol–water partition coefficient (Wildman–Crippen LogP) is 1.66. The van der Waals surface area contributed by atoms with Gasteiger partial charge in [-0.1, -0.05) is 0 Å². The zero-order valence-electron chi connectivity index (χ0n) is 8.53. The second-order valence-corrected chi connectivity index (χ2v) is 2.77. The fraction of sp³-hybridized carbons (Fsp3) is 0.300. The van der Waals surface area contributed by atoms with Crippen molar-refractivity contribution in [2.45, 2.75) is 13.8 Å². The molecule has 1 aromatic rings. The van der Waals surface area contributed by atoms with Crippen molar-refractivity contribution in [1.29, 1.82) is 0 Å². The van der Waals surface area contributed by atoms with E-state index in [1.165, 1.54) is 6.20 Å². The highest BCUT2D eigenvalue weighted by Crippen LogP contribution is 2.10. The summed E-state index contributed by atoms with van der Waals surface area (Å²) in [7, 11) is 0. The van der Waals surface area contributed by atoms with Gasteiger partial charge in [0.1, 0.15) is 0 Å². The van der Waals surface area contributed by atoms with E-state index in [0.717, 1.165) is 6.08 Å². The van der Waals surface area contributed by atoms with Crippen molar-refractivity contribution in [3.8, 4) is 0 Å². The van der Waals surface area contributed by atoms with Crippen molar-refractivity contribution in [1.82, 2.24) is 9.97 Å². The molecule has 0 saturated carbocycles. The number of rotatable bonds is 3. The predicted molar refractivity (Wildman–Crippen MR) is 52.5 cm³/mol. The second-order valence-electron chi connectivity index (χ2n) is 2.77. The largest absolute Gasteiger partial charge is 0.463 e. The first-order valence-corrected chi connectivity index (χ1v) is 4.47. The number of esters is 1. The number of aromatic nitrogens is 2. The highest BCUT2D eigenvalue weighted by molar-refractivity contribution is 5.88. The van der Waals surface area contributed by atoms with Crippen LogP contribution in [0.5, 0.6) is 0 Å². The molecule has 1 heterocycles. The summed E-state index contributed by atoms with van der Waals surface area (Å²) in [6, 6.07) is 1.64. The maximum Gasteiger partial charge on any atom is 0.333 e. The van der Waals surface area contributed by atoms with Gasteiger partial charge in [0.05, 0.1) is 12.7 Å².